The third-order valence-electron chi connectivity index (χ3n) is 3.51. The van der Waals surface area contributed by atoms with Gasteiger partial charge in [-0.15, -0.1) is 0 Å². The van der Waals surface area contributed by atoms with E-state index in [1.165, 1.54) is 6.26 Å². The van der Waals surface area contributed by atoms with Gasteiger partial charge in [0.25, 0.3) is 11.8 Å². The lowest BCUT2D eigenvalue weighted by molar-refractivity contribution is 0.0994. The van der Waals surface area contributed by atoms with Gasteiger partial charge in [-0.1, -0.05) is 17.7 Å². The van der Waals surface area contributed by atoms with Crippen LogP contribution in [0.3, 0.4) is 0 Å². The molecule has 126 valence electrons. The van der Waals surface area contributed by atoms with Gasteiger partial charge < -0.3 is 15.1 Å². The fourth-order valence-electron chi connectivity index (χ4n) is 2.24. The minimum atomic E-state index is -0.340. The van der Waals surface area contributed by atoms with Gasteiger partial charge in [0.05, 0.1) is 16.8 Å². The average Bonchev–Trinajstić information content (AvgIpc) is 3.11. The first-order chi connectivity index (χ1) is 12.0. The lowest BCUT2D eigenvalue weighted by Gasteiger charge is -2.09. The molecule has 2 aromatic carbocycles. The molecule has 0 aliphatic heterocycles. The lowest BCUT2D eigenvalue weighted by atomic mass is 10.1. The van der Waals surface area contributed by atoms with Crippen LogP contribution in [0.25, 0.3) is 0 Å². The summed E-state index contributed by atoms with van der Waals surface area (Å²) in [5.41, 5.74) is 2.58. The molecule has 6 heteroatoms. The van der Waals surface area contributed by atoms with Crippen LogP contribution in [0.2, 0.25) is 5.02 Å². The summed E-state index contributed by atoms with van der Waals surface area (Å²) in [7, 11) is 0. The normalized spacial score (nSPS) is 10.3. The molecule has 25 heavy (non-hydrogen) atoms. The number of carbonyl (C=O) groups excluding carboxylic acids is 2. The summed E-state index contributed by atoms with van der Waals surface area (Å²) in [6, 6.07) is 15.2. The molecule has 0 fully saturated rings. The highest BCUT2D eigenvalue weighted by Gasteiger charge is 2.11. The van der Waals surface area contributed by atoms with Crippen LogP contribution >= 0.6 is 11.6 Å². The van der Waals surface area contributed by atoms with Gasteiger partial charge in [-0.05, 0) is 61.0 Å². The molecule has 5 nitrogen and oxygen atoms in total. The molecule has 0 aliphatic rings. The summed E-state index contributed by atoms with van der Waals surface area (Å²) in [6.45, 7) is 1.91. The summed E-state index contributed by atoms with van der Waals surface area (Å²) < 4.78 is 5.03. The lowest BCUT2D eigenvalue weighted by Crippen LogP contribution is -2.13. The smallest absolute Gasteiger partial charge is 0.291 e. The van der Waals surface area contributed by atoms with Crippen molar-refractivity contribution >= 4 is 34.8 Å². The maximum absolute atomic E-state index is 12.3. The maximum Gasteiger partial charge on any atom is 0.291 e. The van der Waals surface area contributed by atoms with Gasteiger partial charge in [0, 0.05) is 11.4 Å². The molecular formula is C19H15ClN2O3. The predicted molar refractivity (Wildman–Crippen MR) is 97.2 cm³/mol. The Hall–Kier alpha value is -3.05. The van der Waals surface area contributed by atoms with Gasteiger partial charge in [-0.2, -0.15) is 0 Å². The number of carbonyl (C=O) groups is 2. The molecule has 0 aliphatic carbocycles. The van der Waals surface area contributed by atoms with Crippen LogP contribution in [-0.2, 0) is 0 Å². The first-order valence-electron chi connectivity index (χ1n) is 7.55. The van der Waals surface area contributed by atoms with E-state index >= 15 is 0 Å². The van der Waals surface area contributed by atoms with E-state index < -0.39 is 0 Å². The highest BCUT2D eigenvalue weighted by Crippen LogP contribution is 2.20. The molecule has 2 amide bonds. The summed E-state index contributed by atoms with van der Waals surface area (Å²) in [6.07, 6.45) is 1.43. The Morgan fingerprint density at radius 1 is 0.920 bits per heavy atom. The van der Waals surface area contributed by atoms with E-state index in [1.807, 2.05) is 13.0 Å². The number of hydrogen-bond acceptors (Lipinski definition) is 3. The fraction of sp³-hybridized carbons (Fsp3) is 0.0526. The van der Waals surface area contributed by atoms with Crippen molar-refractivity contribution in [3.63, 3.8) is 0 Å². The second-order valence-corrected chi connectivity index (χ2v) is 5.85. The quantitative estimate of drug-likeness (QED) is 0.710. The van der Waals surface area contributed by atoms with E-state index in [0.29, 0.717) is 22.0 Å². The number of halogens is 1. The van der Waals surface area contributed by atoms with Crippen LogP contribution in [0.15, 0.2) is 65.3 Å². The van der Waals surface area contributed by atoms with Crippen molar-refractivity contribution in [1.29, 1.82) is 0 Å². The zero-order chi connectivity index (χ0) is 17.8. The molecular weight excluding hydrogens is 340 g/mol. The molecule has 3 aromatic rings. The fourth-order valence-corrected chi connectivity index (χ4v) is 2.56. The van der Waals surface area contributed by atoms with E-state index in [9.17, 15) is 9.59 Å². The molecule has 0 bridgehead atoms. The highest BCUT2D eigenvalue weighted by atomic mass is 35.5. The van der Waals surface area contributed by atoms with Crippen LogP contribution in [0.1, 0.15) is 26.5 Å². The molecule has 1 heterocycles. The predicted octanol–water partition coefficient (Wildman–Crippen LogP) is 4.75. The van der Waals surface area contributed by atoms with E-state index in [-0.39, 0.29) is 17.6 Å². The van der Waals surface area contributed by atoms with Crippen molar-refractivity contribution in [2.45, 2.75) is 6.92 Å². The second kappa shape index (κ2) is 7.23. The van der Waals surface area contributed by atoms with Gasteiger partial charge in [-0.25, -0.2) is 0 Å². The SMILES string of the molecule is Cc1ccc(C(=O)Nc2ccc(NC(=O)c3ccco3)cc2)c(Cl)c1. The van der Waals surface area contributed by atoms with Crippen molar-refractivity contribution in [1.82, 2.24) is 0 Å². The van der Waals surface area contributed by atoms with Crippen molar-refractivity contribution in [2.75, 3.05) is 10.6 Å². The van der Waals surface area contributed by atoms with Gasteiger partial charge in [-0.3, -0.25) is 9.59 Å². The number of anilines is 2. The summed E-state index contributed by atoms with van der Waals surface area (Å²) in [5, 5.41) is 5.88. The third-order valence-corrected chi connectivity index (χ3v) is 3.83. The summed E-state index contributed by atoms with van der Waals surface area (Å²) >= 11 is 6.10. The number of rotatable bonds is 4. The molecule has 1 aromatic heterocycles. The Bertz CT molecular complexity index is 903. The number of furan rings is 1. The van der Waals surface area contributed by atoms with E-state index in [4.69, 9.17) is 16.0 Å². The monoisotopic (exact) mass is 354 g/mol. The van der Waals surface area contributed by atoms with Gasteiger partial charge in [0.15, 0.2) is 5.76 Å². The van der Waals surface area contributed by atoms with Crippen LogP contribution < -0.4 is 10.6 Å². The molecule has 0 atom stereocenters. The van der Waals surface area contributed by atoms with Gasteiger partial charge in [0.1, 0.15) is 0 Å². The van der Waals surface area contributed by atoms with Crippen LogP contribution in [0.5, 0.6) is 0 Å². The molecule has 0 spiro atoms. The largest absolute Gasteiger partial charge is 0.459 e. The van der Waals surface area contributed by atoms with E-state index in [0.717, 1.165) is 5.56 Å². The number of aryl methyl sites for hydroxylation is 1. The number of hydrogen-bond donors (Lipinski definition) is 2. The molecule has 2 N–H and O–H groups in total. The zero-order valence-electron chi connectivity index (χ0n) is 13.4. The Morgan fingerprint density at radius 2 is 1.56 bits per heavy atom. The van der Waals surface area contributed by atoms with Crippen molar-refractivity contribution < 1.29 is 14.0 Å². The van der Waals surface area contributed by atoms with Gasteiger partial charge in [0.2, 0.25) is 0 Å². The van der Waals surface area contributed by atoms with Crippen molar-refractivity contribution in [2.24, 2.45) is 0 Å². The first kappa shape index (κ1) is 16.8. The minimum absolute atomic E-state index is 0.228. The van der Waals surface area contributed by atoms with E-state index in [1.54, 1.807) is 48.5 Å². The molecule has 0 radical (unpaired) electrons. The van der Waals surface area contributed by atoms with Crippen LogP contribution in [0.4, 0.5) is 11.4 Å². The maximum atomic E-state index is 12.3. The van der Waals surface area contributed by atoms with E-state index in [2.05, 4.69) is 10.6 Å². The Morgan fingerprint density at radius 3 is 2.12 bits per heavy atom. The Balaban J connectivity index is 1.66. The third kappa shape index (κ3) is 4.08. The van der Waals surface area contributed by atoms with Gasteiger partial charge >= 0.3 is 0 Å². The van der Waals surface area contributed by atoms with Crippen LogP contribution in [-0.4, -0.2) is 11.8 Å². The Kier molecular flexibility index (Phi) is 4.86. The van der Waals surface area contributed by atoms with Crippen molar-refractivity contribution in [3.8, 4) is 0 Å². The van der Waals surface area contributed by atoms with Crippen LogP contribution in [0, 0.1) is 6.92 Å². The highest BCUT2D eigenvalue weighted by molar-refractivity contribution is 6.34. The Labute approximate surface area is 149 Å². The standard InChI is InChI=1S/C19H15ClN2O3/c1-12-4-9-15(16(20)11-12)18(23)21-13-5-7-14(8-6-13)22-19(24)17-3-2-10-25-17/h2-11H,1H3,(H,21,23)(H,22,24). The second-order valence-electron chi connectivity index (χ2n) is 5.45. The minimum Gasteiger partial charge on any atom is -0.459 e. The summed E-state index contributed by atoms with van der Waals surface area (Å²) in [4.78, 5) is 24.2. The van der Waals surface area contributed by atoms with Crippen molar-refractivity contribution in [3.05, 3.63) is 82.8 Å². The molecule has 0 saturated heterocycles. The number of benzene rings is 2. The number of nitrogens with one attached hydrogen (secondary N) is 2. The zero-order valence-corrected chi connectivity index (χ0v) is 14.1. The molecule has 3 rings (SSSR count). The first-order valence-corrected chi connectivity index (χ1v) is 7.93. The number of amides is 2. The summed E-state index contributed by atoms with van der Waals surface area (Å²) in [5.74, 6) is -0.406. The molecule has 0 saturated carbocycles. The topological polar surface area (TPSA) is 71.3 Å². The average molecular weight is 355 g/mol. The molecule has 0 unspecified atom stereocenters.